The molecule has 150 valence electrons. The van der Waals surface area contributed by atoms with Crippen LogP contribution in [0.3, 0.4) is 0 Å². The van der Waals surface area contributed by atoms with Crippen molar-refractivity contribution in [3.63, 3.8) is 0 Å². The number of nitrogens with zero attached hydrogens (tertiary/aromatic N) is 2. The van der Waals surface area contributed by atoms with E-state index in [0.29, 0.717) is 17.7 Å². The van der Waals surface area contributed by atoms with Gasteiger partial charge in [0.1, 0.15) is 17.0 Å². The summed E-state index contributed by atoms with van der Waals surface area (Å²) in [6.07, 6.45) is 4.96. The lowest BCUT2D eigenvalue weighted by atomic mass is 9.97. The summed E-state index contributed by atoms with van der Waals surface area (Å²) in [5.74, 6) is 4.41. The van der Waals surface area contributed by atoms with Crippen molar-refractivity contribution in [2.45, 2.75) is 25.5 Å². The van der Waals surface area contributed by atoms with Crippen molar-refractivity contribution in [3.8, 4) is 5.75 Å². The minimum atomic E-state index is 0.0799. The number of allylic oxidation sites excluding steroid dienone is 2. The number of fused-ring (bicyclic) bond motifs is 2. The van der Waals surface area contributed by atoms with Gasteiger partial charge in [-0.3, -0.25) is 0 Å². The number of aromatic nitrogens is 2. The number of oxazole rings is 2. The number of methoxy groups -OCH3 is 2. The maximum Gasteiger partial charge on any atom is 0.233 e. The Balaban J connectivity index is 1.41. The average Bonchev–Trinajstić information content (AvgIpc) is 3.41. The third-order valence-corrected chi connectivity index (χ3v) is 6.88. The van der Waals surface area contributed by atoms with Crippen molar-refractivity contribution in [1.29, 1.82) is 0 Å². The molecule has 0 saturated heterocycles. The summed E-state index contributed by atoms with van der Waals surface area (Å²) >= 11 is 1.69. The molecule has 0 N–H and O–H groups in total. The molecular weight excluding hydrogens is 388 g/mol. The van der Waals surface area contributed by atoms with E-state index in [1.165, 1.54) is 0 Å². The summed E-state index contributed by atoms with van der Waals surface area (Å²) in [5, 5.41) is 0.0799. The van der Waals surface area contributed by atoms with Crippen molar-refractivity contribution in [2.24, 2.45) is 11.8 Å². The molecule has 5 rings (SSSR count). The van der Waals surface area contributed by atoms with Crippen LogP contribution >= 0.6 is 11.8 Å². The minimum Gasteiger partial charge on any atom is -0.501 e. The van der Waals surface area contributed by atoms with Crippen LogP contribution in [0.15, 0.2) is 38.9 Å². The topological polar surface area (TPSA) is 70.5 Å². The molecule has 0 spiro atoms. The second-order valence-corrected chi connectivity index (χ2v) is 8.68. The quantitative estimate of drug-likeness (QED) is 0.565. The first-order valence-corrected chi connectivity index (χ1v) is 10.5. The fourth-order valence-electron chi connectivity index (χ4n) is 3.83. The van der Waals surface area contributed by atoms with Crippen molar-refractivity contribution in [3.05, 3.63) is 53.3 Å². The lowest BCUT2D eigenvalue weighted by Gasteiger charge is -2.17. The summed E-state index contributed by atoms with van der Waals surface area (Å²) in [6.45, 7) is 4.30. The Hall–Kier alpha value is -2.67. The normalized spacial score (nSPS) is 23.7. The second-order valence-electron chi connectivity index (χ2n) is 7.50. The van der Waals surface area contributed by atoms with Crippen LogP contribution in [-0.2, 0) is 11.2 Å². The van der Waals surface area contributed by atoms with E-state index in [1.54, 1.807) is 26.0 Å². The Morgan fingerprint density at radius 1 is 1.10 bits per heavy atom. The third kappa shape index (κ3) is 3.13. The number of rotatable bonds is 4. The first-order chi connectivity index (χ1) is 14.1. The van der Waals surface area contributed by atoms with Crippen molar-refractivity contribution >= 4 is 33.8 Å². The van der Waals surface area contributed by atoms with Gasteiger partial charge in [0.05, 0.1) is 30.1 Å². The van der Waals surface area contributed by atoms with Gasteiger partial charge in [-0.2, -0.15) is 0 Å². The molecule has 3 heterocycles. The van der Waals surface area contributed by atoms with Gasteiger partial charge in [-0.15, -0.1) is 11.8 Å². The molecule has 6 nitrogen and oxygen atoms in total. The van der Waals surface area contributed by atoms with E-state index in [9.17, 15) is 0 Å². The molecule has 2 aliphatic rings. The van der Waals surface area contributed by atoms with Crippen molar-refractivity contribution < 1.29 is 18.3 Å². The van der Waals surface area contributed by atoms with E-state index >= 15 is 0 Å². The molecule has 0 bridgehead atoms. The SMILES string of the molecule is COC1=Cc2oc(C3=CC(C)C(c4nc5ccc(OC)cc5o4)S3)nc2CC1C. The largest absolute Gasteiger partial charge is 0.501 e. The van der Waals surface area contributed by atoms with Gasteiger partial charge in [0, 0.05) is 24.5 Å². The molecule has 0 amide bonds. The number of hydrogen-bond acceptors (Lipinski definition) is 7. The molecule has 3 unspecified atom stereocenters. The number of thioether (sulfide) groups is 1. The third-order valence-electron chi connectivity index (χ3n) is 5.43. The zero-order valence-electron chi connectivity index (χ0n) is 16.8. The highest BCUT2D eigenvalue weighted by atomic mass is 32.2. The van der Waals surface area contributed by atoms with Gasteiger partial charge in [-0.25, -0.2) is 9.97 Å². The van der Waals surface area contributed by atoms with E-state index in [2.05, 4.69) is 19.9 Å². The van der Waals surface area contributed by atoms with Crippen LogP contribution in [0.2, 0.25) is 0 Å². The van der Waals surface area contributed by atoms with Crippen LogP contribution in [0, 0.1) is 11.8 Å². The zero-order valence-corrected chi connectivity index (χ0v) is 17.6. The lowest BCUT2D eigenvalue weighted by Crippen LogP contribution is -2.10. The van der Waals surface area contributed by atoms with E-state index in [-0.39, 0.29) is 11.2 Å². The molecule has 0 saturated carbocycles. The summed E-state index contributed by atoms with van der Waals surface area (Å²) in [5.41, 5.74) is 2.55. The highest BCUT2D eigenvalue weighted by Gasteiger charge is 2.34. The smallest absolute Gasteiger partial charge is 0.233 e. The van der Waals surface area contributed by atoms with Crippen LogP contribution in [-0.4, -0.2) is 24.2 Å². The number of benzene rings is 1. The van der Waals surface area contributed by atoms with Gasteiger partial charge in [0.15, 0.2) is 11.3 Å². The van der Waals surface area contributed by atoms with Crippen LogP contribution < -0.4 is 4.74 Å². The molecule has 29 heavy (non-hydrogen) atoms. The monoisotopic (exact) mass is 410 g/mol. The Morgan fingerprint density at radius 2 is 1.97 bits per heavy atom. The fourth-order valence-corrected chi connectivity index (χ4v) is 5.08. The molecule has 1 aromatic carbocycles. The maximum absolute atomic E-state index is 6.07. The highest BCUT2D eigenvalue weighted by Crippen LogP contribution is 2.51. The molecule has 1 aliphatic carbocycles. The Bertz CT molecular complexity index is 1140. The zero-order chi connectivity index (χ0) is 20.1. The van der Waals surface area contributed by atoms with Crippen LogP contribution in [0.1, 0.15) is 42.3 Å². The summed E-state index contributed by atoms with van der Waals surface area (Å²) in [4.78, 5) is 10.5. The summed E-state index contributed by atoms with van der Waals surface area (Å²) in [7, 11) is 3.34. The Labute approximate surface area is 173 Å². The first-order valence-electron chi connectivity index (χ1n) is 9.64. The van der Waals surface area contributed by atoms with Crippen molar-refractivity contribution in [1.82, 2.24) is 9.97 Å². The van der Waals surface area contributed by atoms with Gasteiger partial charge in [0.25, 0.3) is 0 Å². The highest BCUT2D eigenvalue weighted by molar-refractivity contribution is 8.08. The predicted octanol–water partition coefficient (Wildman–Crippen LogP) is 5.47. The molecule has 3 aromatic rings. The van der Waals surface area contributed by atoms with Gasteiger partial charge >= 0.3 is 0 Å². The van der Waals surface area contributed by atoms with E-state index in [1.807, 2.05) is 24.3 Å². The van der Waals surface area contributed by atoms with E-state index in [0.717, 1.165) is 45.4 Å². The molecule has 1 aliphatic heterocycles. The summed E-state index contributed by atoms with van der Waals surface area (Å²) < 4.78 is 22.9. The minimum absolute atomic E-state index is 0.0799. The van der Waals surface area contributed by atoms with E-state index in [4.69, 9.17) is 28.3 Å². The van der Waals surface area contributed by atoms with Gasteiger partial charge in [-0.05, 0) is 18.1 Å². The van der Waals surface area contributed by atoms with Crippen LogP contribution in [0.4, 0.5) is 0 Å². The average molecular weight is 410 g/mol. The van der Waals surface area contributed by atoms with E-state index < -0.39 is 0 Å². The Kier molecular flexibility index (Phi) is 4.42. The fraction of sp³-hybridized carbons (Fsp3) is 0.364. The van der Waals surface area contributed by atoms with Gasteiger partial charge < -0.3 is 18.3 Å². The van der Waals surface area contributed by atoms with Crippen LogP contribution in [0.25, 0.3) is 22.1 Å². The van der Waals surface area contributed by atoms with Crippen LogP contribution in [0.5, 0.6) is 5.75 Å². The molecule has 0 fully saturated rings. The molecule has 7 heteroatoms. The maximum atomic E-state index is 6.07. The molecule has 3 atom stereocenters. The van der Waals surface area contributed by atoms with Gasteiger partial charge in [0.2, 0.25) is 11.8 Å². The molecule has 2 aromatic heterocycles. The number of ether oxygens (including phenoxy) is 2. The molecule has 0 radical (unpaired) electrons. The first kappa shape index (κ1) is 18.4. The standard InChI is InChI=1S/C22H22N2O4S/c1-11-7-15-18(10-16(11)26-4)27-21(24-15)19-8-12(2)20(29-19)22-23-14-6-5-13(25-3)9-17(14)28-22/h5-6,8-12,20H,7H2,1-4H3. The second kappa shape index (κ2) is 6.99. The molecular formula is C22H22N2O4S. The number of hydrogen-bond donors (Lipinski definition) is 0. The van der Waals surface area contributed by atoms with Crippen molar-refractivity contribution in [2.75, 3.05) is 14.2 Å². The predicted molar refractivity (Wildman–Crippen MR) is 112 cm³/mol. The summed E-state index contributed by atoms with van der Waals surface area (Å²) in [6, 6.07) is 5.68. The lowest BCUT2D eigenvalue weighted by molar-refractivity contribution is 0.247. The Morgan fingerprint density at radius 3 is 2.76 bits per heavy atom. The van der Waals surface area contributed by atoms with Gasteiger partial charge in [-0.1, -0.05) is 19.9 Å².